The SMILES string of the molecule is Cc1cc(C)nc(N2CCC[C@H](C(=O)N(C)C)C2)n1. The van der Waals surface area contributed by atoms with Crippen LogP contribution >= 0.6 is 0 Å². The van der Waals surface area contributed by atoms with E-state index in [1.54, 1.807) is 4.90 Å². The summed E-state index contributed by atoms with van der Waals surface area (Å²) in [6, 6.07) is 1.97. The van der Waals surface area contributed by atoms with Gasteiger partial charge in [-0.1, -0.05) is 0 Å². The number of nitrogens with zero attached hydrogens (tertiary/aromatic N) is 4. The number of hydrogen-bond donors (Lipinski definition) is 0. The number of carbonyl (C=O) groups is 1. The lowest BCUT2D eigenvalue weighted by Gasteiger charge is -2.33. The Morgan fingerprint density at radius 2 is 1.95 bits per heavy atom. The molecule has 0 N–H and O–H groups in total. The van der Waals surface area contributed by atoms with Crippen LogP contribution in [-0.2, 0) is 4.79 Å². The minimum atomic E-state index is 0.0631. The second-order valence-electron chi connectivity index (χ2n) is 5.47. The van der Waals surface area contributed by atoms with Gasteiger partial charge in [0.25, 0.3) is 0 Å². The van der Waals surface area contributed by atoms with Gasteiger partial charge in [-0.2, -0.15) is 0 Å². The number of rotatable bonds is 2. The highest BCUT2D eigenvalue weighted by atomic mass is 16.2. The van der Waals surface area contributed by atoms with Gasteiger partial charge in [0, 0.05) is 38.6 Å². The fourth-order valence-corrected chi connectivity index (χ4v) is 2.57. The first-order valence-electron chi connectivity index (χ1n) is 6.76. The van der Waals surface area contributed by atoms with Crippen molar-refractivity contribution in [1.29, 1.82) is 0 Å². The second kappa shape index (κ2) is 5.55. The monoisotopic (exact) mass is 262 g/mol. The van der Waals surface area contributed by atoms with Crippen LogP contribution in [0, 0.1) is 19.8 Å². The van der Waals surface area contributed by atoms with Gasteiger partial charge in [-0.15, -0.1) is 0 Å². The van der Waals surface area contributed by atoms with Crippen LogP contribution in [-0.4, -0.2) is 48.0 Å². The first-order chi connectivity index (χ1) is 8.97. The van der Waals surface area contributed by atoms with E-state index in [1.165, 1.54) is 0 Å². The Bertz CT molecular complexity index is 452. The third-order valence-electron chi connectivity index (χ3n) is 3.46. The molecule has 5 heteroatoms. The Balaban J connectivity index is 2.14. The van der Waals surface area contributed by atoms with Crippen LogP contribution in [0.25, 0.3) is 0 Å². The molecule has 0 spiro atoms. The summed E-state index contributed by atoms with van der Waals surface area (Å²) in [5, 5.41) is 0. The average molecular weight is 262 g/mol. The van der Waals surface area contributed by atoms with Crippen molar-refractivity contribution in [3.05, 3.63) is 17.5 Å². The molecule has 0 saturated carbocycles. The van der Waals surface area contributed by atoms with Crippen LogP contribution < -0.4 is 4.90 Å². The summed E-state index contributed by atoms with van der Waals surface area (Å²) >= 11 is 0. The van der Waals surface area contributed by atoms with Gasteiger partial charge in [-0.25, -0.2) is 9.97 Å². The van der Waals surface area contributed by atoms with Crippen LogP contribution in [0.2, 0.25) is 0 Å². The minimum absolute atomic E-state index is 0.0631. The predicted molar refractivity (Wildman–Crippen MR) is 75.1 cm³/mol. The fourth-order valence-electron chi connectivity index (χ4n) is 2.57. The largest absolute Gasteiger partial charge is 0.349 e. The smallest absolute Gasteiger partial charge is 0.226 e. The van der Waals surface area contributed by atoms with Gasteiger partial charge >= 0.3 is 0 Å². The molecule has 1 saturated heterocycles. The van der Waals surface area contributed by atoms with Crippen LogP contribution in [0.4, 0.5) is 5.95 Å². The second-order valence-corrected chi connectivity index (χ2v) is 5.47. The Kier molecular flexibility index (Phi) is 4.02. The molecule has 0 radical (unpaired) electrons. The molecule has 104 valence electrons. The molecule has 0 bridgehead atoms. The van der Waals surface area contributed by atoms with Crippen molar-refractivity contribution in [2.45, 2.75) is 26.7 Å². The molecule has 0 unspecified atom stereocenters. The first-order valence-corrected chi connectivity index (χ1v) is 6.76. The average Bonchev–Trinajstić information content (AvgIpc) is 2.36. The quantitative estimate of drug-likeness (QED) is 0.808. The molecule has 0 aliphatic carbocycles. The number of aryl methyl sites for hydroxylation is 2. The summed E-state index contributed by atoms with van der Waals surface area (Å²) in [6.45, 7) is 5.61. The molecule has 2 heterocycles. The highest BCUT2D eigenvalue weighted by Gasteiger charge is 2.28. The Morgan fingerprint density at radius 1 is 1.32 bits per heavy atom. The zero-order valence-electron chi connectivity index (χ0n) is 12.2. The van der Waals surface area contributed by atoms with E-state index in [1.807, 2.05) is 34.0 Å². The molecule has 1 aromatic heterocycles. The van der Waals surface area contributed by atoms with Gasteiger partial charge in [-0.3, -0.25) is 4.79 Å². The molecule has 1 atom stereocenters. The zero-order valence-corrected chi connectivity index (χ0v) is 12.2. The Labute approximate surface area is 114 Å². The Morgan fingerprint density at radius 3 is 2.53 bits per heavy atom. The van der Waals surface area contributed by atoms with Crippen molar-refractivity contribution in [3.63, 3.8) is 0 Å². The summed E-state index contributed by atoms with van der Waals surface area (Å²) < 4.78 is 0. The van der Waals surface area contributed by atoms with Crippen molar-refractivity contribution >= 4 is 11.9 Å². The third kappa shape index (κ3) is 3.22. The number of amides is 1. The molecule has 1 aliphatic rings. The standard InChI is InChI=1S/C14H22N4O/c1-10-8-11(2)16-14(15-10)18-7-5-6-12(9-18)13(19)17(3)4/h8,12H,5-7,9H2,1-4H3/t12-/m0/s1. The molecular weight excluding hydrogens is 240 g/mol. The van der Waals surface area contributed by atoms with E-state index in [0.717, 1.165) is 43.3 Å². The summed E-state index contributed by atoms with van der Waals surface area (Å²) in [5.41, 5.74) is 1.95. The van der Waals surface area contributed by atoms with Gasteiger partial charge in [-0.05, 0) is 32.8 Å². The normalized spacial score (nSPS) is 19.4. The molecule has 2 rings (SSSR count). The topological polar surface area (TPSA) is 49.3 Å². The van der Waals surface area contributed by atoms with E-state index in [0.29, 0.717) is 0 Å². The van der Waals surface area contributed by atoms with Crippen LogP contribution in [0.5, 0.6) is 0 Å². The molecular formula is C14H22N4O. The summed E-state index contributed by atoms with van der Waals surface area (Å²) in [4.78, 5) is 24.9. The number of hydrogen-bond acceptors (Lipinski definition) is 4. The summed E-state index contributed by atoms with van der Waals surface area (Å²) in [5.74, 6) is 1.02. The summed E-state index contributed by atoms with van der Waals surface area (Å²) in [7, 11) is 3.63. The van der Waals surface area contributed by atoms with Crippen molar-refractivity contribution in [2.24, 2.45) is 5.92 Å². The maximum atomic E-state index is 12.1. The molecule has 1 fully saturated rings. The Hall–Kier alpha value is -1.65. The van der Waals surface area contributed by atoms with E-state index < -0.39 is 0 Å². The minimum Gasteiger partial charge on any atom is -0.349 e. The zero-order chi connectivity index (χ0) is 14.0. The van der Waals surface area contributed by atoms with E-state index in [-0.39, 0.29) is 11.8 Å². The molecule has 5 nitrogen and oxygen atoms in total. The van der Waals surface area contributed by atoms with Crippen LogP contribution in [0.1, 0.15) is 24.2 Å². The maximum absolute atomic E-state index is 12.1. The van der Waals surface area contributed by atoms with Crippen LogP contribution in [0.3, 0.4) is 0 Å². The first kappa shape index (κ1) is 13.8. The third-order valence-corrected chi connectivity index (χ3v) is 3.46. The summed E-state index contributed by atoms with van der Waals surface area (Å²) in [6.07, 6.45) is 1.97. The maximum Gasteiger partial charge on any atom is 0.226 e. The van der Waals surface area contributed by atoms with Crippen LogP contribution in [0.15, 0.2) is 6.07 Å². The molecule has 1 aliphatic heterocycles. The molecule has 0 aromatic carbocycles. The van der Waals surface area contributed by atoms with Crippen molar-refractivity contribution in [3.8, 4) is 0 Å². The van der Waals surface area contributed by atoms with Crippen molar-refractivity contribution < 1.29 is 4.79 Å². The highest BCUT2D eigenvalue weighted by molar-refractivity contribution is 5.79. The van der Waals surface area contributed by atoms with E-state index in [9.17, 15) is 4.79 Å². The number of carbonyl (C=O) groups excluding carboxylic acids is 1. The molecule has 1 aromatic rings. The number of anilines is 1. The number of aromatic nitrogens is 2. The lowest BCUT2D eigenvalue weighted by molar-refractivity contribution is -0.133. The van der Waals surface area contributed by atoms with Gasteiger partial charge in [0.1, 0.15) is 0 Å². The van der Waals surface area contributed by atoms with Gasteiger partial charge in [0.15, 0.2) is 0 Å². The lowest BCUT2D eigenvalue weighted by Crippen LogP contribution is -2.43. The van der Waals surface area contributed by atoms with E-state index in [2.05, 4.69) is 14.9 Å². The molecule has 19 heavy (non-hydrogen) atoms. The predicted octanol–water partition coefficient (Wildman–Crippen LogP) is 1.40. The highest BCUT2D eigenvalue weighted by Crippen LogP contribution is 2.22. The fraction of sp³-hybridized carbons (Fsp3) is 0.643. The van der Waals surface area contributed by atoms with Gasteiger partial charge in [0.05, 0.1) is 5.92 Å². The molecule has 1 amide bonds. The van der Waals surface area contributed by atoms with E-state index in [4.69, 9.17) is 0 Å². The number of piperidine rings is 1. The lowest BCUT2D eigenvalue weighted by atomic mass is 9.97. The van der Waals surface area contributed by atoms with Crippen molar-refractivity contribution in [1.82, 2.24) is 14.9 Å². The van der Waals surface area contributed by atoms with Gasteiger partial charge < -0.3 is 9.80 Å². The van der Waals surface area contributed by atoms with E-state index >= 15 is 0 Å². The van der Waals surface area contributed by atoms with Gasteiger partial charge in [0.2, 0.25) is 11.9 Å². The van der Waals surface area contributed by atoms with Crippen molar-refractivity contribution in [2.75, 3.05) is 32.1 Å².